The zero-order chi connectivity index (χ0) is 19.2. The first-order chi connectivity index (χ1) is 12.2. The Morgan fingerprint density at radius 3 is 2.19 bits per heavy atom. The van der Waals surface area contributed by atoms with Crippen molar-refractivity contribution in [3.63, 3.8) is 0 Å². The molecule has 2 rings (SSSR count). The van der Waals surface area contributed by atoms with Crippen LogP contribution in [0.5, 0.6) is 0 Å². The molecule has 6 nitrogen and oxygen atoms in total. The van der Waals surface area contributed by atoms with E-state index in [1.165, 1.54) is 19.1 Å². The number of sulfone groups is 1. The molecule has 26 heavy (non-hydrogen) atoms. The summed E-state index contributed by atoms with van der Waals surface area (Å²) in [5.41, 5.74) is 1.78. The number of ether oxygens (including phenoxy) is 1. The lowest BCUT2D eigenvalue weighted by Crippen LogP contribution is -2.35. The molecule has 0 heterocycles. The minimum atomic E-state index is -3.14. The van der Waals surface area contributed by atoms with Crippen LogP contribution in [0.2, 0.25) is 0 Å². The van der Waals surface area contributed by atoms with Crippen molar-refractivity contribution in [2.75, 3.05) is 6.26 Å². The maximum Gasteiger partial charge on any atom is 0.338 e. The topological polar surface area (TPSA) is 89.5 Å². The largest absolute Gasteiger partial charge is 0.449 e. The summed E-state index contributed by atoms with van der Waals surface area (Å²) in [5.74, 6) is -1.13. The highest BCUT2D eigenvalue weighted by atomic mass is 32.2. The Morgan fingerprint density at radius 1 is 1.00 bits per heavy atom. The van der Waals surface area contributed by atoms with E-state index < -0.39 is 27.8 Å². The van der Waals surface area contributed by atoms with Crippen LogP contribution in [-0.4, -0.2) is 32.7 Å². The van der Waals surface area contributed by atoms with Gasteiger partial charge in [0.15, 0.2) is 15.9 Å². The van der Waals surface area contributed by atoms with E-state index in [9.17, 15) is 18.0 Å². The highest BCUT2D eigenvalue weighted by Crippen LogP contribution is 2.10. The first-order valence-corrected chi connectivity index (χ1v) is 10.1. The summed E-state index contributed by atoms with van der Waals surface area (Å²) in [7, 11) is -3.14. The maximum atomic E-state index is 12.1. The van der Waals surface area contributed by atoms with Gasteiger partial charge in [0.2, 0.25) is 0 Å². The first kappa shape index (κ1) is 19.7. The van der Waals surface area contributed by atoms with Crippen molar-refractivity contribution in [2.24, 2.45) is 0 Å². The summed E-state index contributed by atoms with van der Waals surface area (Å²) in [6, 6.07) is 15.5. The van der Waals surface area contributed by atoms with Gasteiger partial charge in [-0.2, -0.15) is 0 Å². The standard InChI is InChI=1S/C19H21NO5S/c1-14(18(21)20-12-15-6-4-3-5-7-15)25-19(22)17-10-8-16(9-11-17)13-26(2,23)24/h3-11,14H,12-13H2,1-2H3,(H,20,21)/t14-/m1/s1. The molecule has 1 N–H and O–H groups in total. The van der Waals surface area contributed by atoms with E-state index in [0.29, 0.717) is 12.1 Å². The third-order valence-electron chi connectivity index (χ3n) is 3.58. The van der Waals surface area contributed by atoms with Gasteiger partial charge in [-0.25, -0.2) is 13.2 Å². The smallest absolute Gasteiger partial charge is 0.338 e. The quantitative estimate of drug-likeness (QED) is 0.749. The van der Waals surface area contributed by atoms with Crippen LogP contribution in [0, 0.1) is 0 Å². The predicted molar refractivity (Wildman–Crippen MR) is 98.2 cm³/mol. The lowest BCUT2D eigenvalue weighted by atomic mass is 10.1. The van der Waals surface area contributed by atoms with Crippen molar-refractivity contribution < 1.29 is 22.7 Å². The van der Waals surface area contributed by atoms with Crippen LogP contribution >= 0.6 is 0 Å². The van der Waals surface area contributed by atoms with Crippen LogP contribution < -0.4 is 5.32 Å². The number of nitrogens with one attached hydrogen (secondary N) is 1. The van der Waals surface area contributed by atoms with Crippen LogP contribution in [0.3, 0.4) is 0 Å². The molecule has 0 radical (unpaired) electrons. The Bertz CT molecular complexity index is 861. The average molecular weight is 375 g/mol. The normalized spacial score (nSPS) is 12.2. The summed E-state index contributed by atoms with van der Waals surface area (Å²) in [5, 5.41) is 2.71. The van der Waals surface area contributed by atoms with E-state index in [1.54, 1.807) is 12.1 Å². The molecule has 0 fully saturated rings. The Labute approximate surface area is 153 Å². The fraction of sp³-hybridized carbons (Fsp3) is 0.263. The van der Waals surface area contributed by atoms with Gasteiger partial charge in [-0.15, -0.1) is 0 Å². The summed E-state index contributed by atoms with van der Waals surface area (Å²) in [6.45, 7) is 1.85. The van der Waals surface area contributed by atoms with Crippen molar-refractivity contribution in [2.45, 2.75) is 25.3 Å². The molecule has 0 aliphatic rings. The molecular weight excluding hydrogens is 354 g/mol. The Hall–Kier alpha value is -2.67. The summed E-state index contributed by atoms with van der Waals surface area (Å²) in [4.78, 5) is 24.1. The van der Waals surface area contributed by atoms with Crippen molar-refractivity contribution >= 4 is 21.7 Å². The number of amides is 1. The van der Waals surface area contributed by atoms with Crippen LogP contribution in [0.4, 0.5) is 0 Å². The van der Waals surface area contributed by atoms with Crippen molar-refractivity contribution in [1.29, 1.82) is 0 Å². The van der Waals surface area contributed by atoms with Gasteiger partial charge >= 0.3 is 5.97 Å². The monoisotopic (exact) mass is 375 g/mol. The van der Waals surface area contributed by atoms with E-state index in [1.807, 2.05) is 30.3 Å². The Balaban J connectivity index is 1.88. The fourth-order valence-corrected chi connectivity index (χ4v) is 3.05. The van der Waals surface area contributed by atoms with Gasteiger partial charge < -0.3 is 10.1 Å². The minimum Gasteiger partial charge on any atom is -0.449 e. The Morgan fingerprint density at radius 2 is 1.62 bits per heavy atom. The summed E-state index contributed by atoms with van der Waals surface area (Å²) >= 11 is 0. The molecule has 0 unspecified atom stereocenters. The van der Waals surface area contributed by atoms with Crippen LogP contribution in [0.1, 0.15) is 28.4 Å². The maximum absolute atomic E-state index is 12.1. The third-order valence-corrected chi connectivity index (χ3v) is 4.44. The van der Waals surface area contributed by atoms with Crippen molar-refractivity contribution in [3.8, 4) is 0 Å². The van der Waals surface area contributed by atoms with E-state index in [0.717, 1.165) is 11.8 Å². The first-order valence-electron chi connectivity index (χ1n) is 8.04. The van der Waals surface area contributed by atoms with Gasteiger partial charge in [0.1, 0.15) is 0 Å². The van der Waals surface area contributed by atoms with Crippen LogP contribution in [0.15, 0.2) is 54.6 Å². The molecule has 2 aromatic rings. The van der Waals surface area contributed by atoms with Gasteiger partial charge in [-0.1, -0.05) is 42.5 Å². The predicted octanol–water partition coefficient (Wildman–Crippen LogP) is 2.09. The van der Waals surface area contributed by atoms with Crippen LogP contribution in [-0.2, 0) is 31.7 Å². The number of hydrogen-bond acceptors (Lipinski definition) is 5. The number of hydrogen-bond donors (Lipinski definition) is 1. The zero-order valence-electron chi connectivity index (χ0n) is 14.6. The molecule has 0 spiro atoms. The van der Waals surface area contributed by atoms with Gasteiger partial charge in [0.05, 0.1) is 11.3 Å². The SMILES string of the molecule is C[C@@H](OC(=O)c1ccc(CS(C)(=O)=O)cc1)C(=O)NCc1ccccc1. The average Bonchev–Trinajstić information content (AvgIpc) is 2.59. The van der Waals surface area contributed by atoms with Crippen molar-refractivity contribution in [3.05, 3.63) is 71.3 Å². The fourth-order valence-electron chi connectivity index (χ4n) is 2.25. The molecule has 7 heteroatoms. The van der Waals surface area contributed by atoms with E-state index in [-0.39, 0.29) is 11.3 Å². The third kappa shape index (κ3) is 6.33. The number of benzene rings is 2. The molecule has 0 bridgehead atoms. The molecule has 0 aliphatic carbocycles. The summed E-state index contributed by atoms with van der Waals surface area (Å²) < 4.78 is 27.7. The number of carbonyl (C=O) groups is 2. The van der Waals surface area contributed by atoms with Crippen molar-refractivity contribution in [1.82, 2.24) is 5.32 Å². The number of carbonyl (C=O) groups excluding carboxylic acids is 2. The molecule has 138 valence electrons. The van der Waals surface area contributed by atoms with Gasteiger partial charge in [-0.3, -0.25) is 4.79 Å². The van der Waals surface area contributed by atoms with E-state index in [2.05, 4.69) is 5.32 Å². The van der Waals surface area contributed by atoms with Gasteiger partial charge in [-0.05, 0) is 30.2 Å². The second-order valence-electron chi connectivity index (χ2n) is 6.02. The van der Waals surface area contributed by atoms with Crippen LogP contribution in [0.25, 0.3) is 0 Å². The van der Waals surface area contributed by atoms with E-state index >= 15 is 0 Å². The highest BCUT2D eigenvalue weighted by Gasteiger charge is 2.18. The van der Waals surface area contributed by atoms with Gasteiger partial charge in [0, 0.05) is 12.8 Å². The Kier molecular flexibility index (Phi) is 6.52. The second kappa shape index (κ2) is 8.62. The molecular formula is C19H21NO5S. The number of esters is 1. The zero-order valence-corrected chi connectivity index (χ0v) is 15.5. The second-order valence-corrected chi connectivity index (χ2v) is 8.16. The lowest BCUT2D eigenvalue weighted by Gasteiger charge is -2.13. The van der Waals surface area contributed by atoms with Gasteiger partial charge in [0.25, 0.3) is 5.91 Å². The molecule has 0 aromatic heterocycles. The molecule has 0 saturated carbocycles. The molecule has 1 atom stereocenters. The lowest BCUT2D eigenvalue weighted by molar-refractivity contribution is -0.129. The molecule has 1 amide bonds. The highest BCUT2D eigenvalue weighted by molar-refractivity contribution is 7.89. The van der Waals surface area contributed by atoms with E-state index in [4.69, 9.17) is 4.74 Å². The summed E-state index contributed by atoms with van der Waals surface area (Å²) in [6.07, 6.45) is 0.201. The molecule has 0 aliphatic heterocycles. The number of rotatable bonds is 7. The molecule has 0 saturated heterocycles. The minimum absolute atomic E-state index is 0.0966. The molecule has 2 aromatic carbocycles.